The molecule has 3 rings (SSSR count). The van der Waals surface area contributed by atoms with Crippen molar-refractivity contribution in [2.45, 2.75) is 19.3 Å². The quantitative estimate of drug-likeness (QED) is 0.451. The minimum Gasteiger partial charge on any atom is -0.397 e. The number of nitrogens with zero attached hydrogens (tertiary/aromatic N) is 2. The maximum Gasteiger partial charge on any atom is 0.0825 e. The Morgan fingerprint density at radius 2 is 1.79 bits per heavy atom. The Labute approximate surface area is 177 Å². The third kappa shape index (κ3) is 5.60. The van der Waals surface area contributed by atoms with Crippen LogP contribution in [0.3, 0.4) is 0 Å². The van der Waals surface area contributed by atoms with E-state index in [-0.39, 0.29) is 0 Å². The zero-order valence-corrected chi connectivity index (χ0v) is 17.6. The molecule has 0 bridgehead atoms. The highest BCUT2D eigenvalue weighted by atomic mass is 35.5. The molecule has 1 fully saturated rings. The number of nitrogen functional groups attached to an aromatic ring is 2. The summed E-state index contributed by atoms with van der Waals surface area (Å²) < 4.78 is 0. The number of nitrogens with two attached hydrogens (primary N) is 2. The summed E-state index contributed by atoms with van der Waals surface area (Å²) >= 11 is 12.6. The topological polar surface area (TPSA) is 70.5 Å². The van der Waals surface area contributed by atoms with Crippen molar-refractivity contribution in [1.29, 1.82) is 0 Å². The van der Waals surface area contributed by atoms with Crippen LogP contribution >= 0.6 is 23.2 Å². The van der Waals surface area contributed by atoms with Crippen LogP contribution in [0.5, 0.6) is 0 Å². The second-order valence-electron chi connectivity index (χ2n) is 7.23. The van der Waals surface area contributed by atoms with Crippen molar-refractivity contribution in [3.63, 3.8) is 0 Å². The third-order valence-electron chi connectivity index (χ3n) is 5.18. The standard InChI is InChI=1S/C21H29Cl2N5/c22-17-5-3-6-20(21(17)23)28-12-4-11-27(13-14-28)10-2-1-9-26-16-7-8-18(24)19(25)15-16/h3,5-8,15,26H,1-2,4,9-14,24-25H2. The van der Waals surface area contributed by atoms with Gasteiger partial charge in [0.05, 0.1) is 27.1 Å². The average molecular weight is 422 g/mol. The molecule has 0 amide bonds. The fourth-order valence-corrected chi connectivity index (χ4v) is 3.96. The normalized spacial score (nSPS) is 15.4. The van der Waals surface area contributed by atoms with Crippen LogP contribution in [0.2, 0.25) is 10.0 Å². The number of anilines is 4. The number of halogens is 2. The zero-order chi connectivity index (χ0) is 19.9. The van der Waals surface area contributed by atoms with Gasteiger partial charge in [0.1, 0.15) is 0 Å². The Morgan fingerprint density at radius 1 is 0.929 bits per heavy atom. The third-order valence-corrected chi connectivity index (χ3v) is 5.99. The summed E-state index contributed by atoms with van der Waals surface area (Å²) in [5.41, 5.74) is 14.9. The molecule has 5 N–H and O–H groups in total. The first-order valence-electron chi connectivity index (χ1n) is 9.85. The molecule has 7 heteroatoms. The number of benzene rings is 2. The lowest BCUT2D eigenvalue weighted by molar-refractivity contribution is 0.288. The molecule has 1 aliphatic heterocycles. The first-order valence-corrected chi connectivity index (χ1v) is 10.6. The Hall–Kier alpha value is -1.82. The number of hydrogen-bond acceptors (Lipinski definition) is 5. The summed E-state index contributed by atoms with van der Waals surface area (Å²) in [5, 5.41) is 4.69. The Morgan fingerprint density at radius 3 is 2.61 bits per heavy atom. The van der Waals surface area contributed by atoms with Gasteiger partial charge in [-0.15, -0.1) is 0 Å². The van der Waals surface area contributed by atoms with Crippen LogP contribution in [0.4, 0.5) is 22.7 Å². The fraction of sp³-hybridized carbons (Fsp3) is 0.429. The lowest BCUT2D eigenvalue weighted by Crippen LogP contribution is -2.31. The van der Waals surface area contributed by atoms with Gasteiger partial charge >= 0.3 is 0 Å². The van der Waals surface area contributed by atoms with E-state index in [1.807, 2.05) is 30.3 Å². The predicted octanol–water partition coefficient (Wildman–Crippen LogP) is 4.56. The van der Waals surface area contributed by atoms with Crippen molar-refractivity contribution in [3.05, 3.63) is 46.4 Å². The van der Waals surface area contributed by atoms with Gasteiger partial charge in [0.15, 0.2) is 0 Å². The largest absolute Gasteiger partial charge is 0.397 e. The summed E-state index contributed by atoms with van der Waals surface area (Å²) in [6.45, 7) is 6.20. The molecule has 0 spiro atoms. The van der Waals surface area contributed by atoms with E-state index in [1.165, 1.54) is 0 Å². The van der Waals surface area contributed by atoms with Gasteiger partial charge in [-0.25, -0.2) is 0 Å². The maximum absolute atomic E-state index is 6.39. The minimum atomic E-state index is 0.621. The van der Waals surface area contributed by atoms with Crippen LogP contribution in [0.15, 0.2) is 36.4 Å². The molecular weight excluding hydrogens is 393 g/mol. The van der Waals surface area contributed by atoms with Crippen molar-refractivity contribution in [2.75, 3.05) is 61.0 Å². The monoisotopic (exact) mass is 421 g/mol. The summed E-state index contributed by atoms with van der Waals surface area (Å²) in [4.78, 5) is 4.89. The molecule has 2 aromatic carbocycles. The van der Waals surface area contributed by atoms with E-state index in [4.69, 9.17) is 34.7 Å². The second-order valence-corrected chi connectivity index (χ2v) is 8.02. The van der Waals surface area contributed by atoms with E-state index in [2.05, 4.69) is 21.2 Å². The van der Waals surface area contributed by atoms with Gasteiger partial charge in [-0.2, -0.15) is 0 Å². The van der Waals surface area contributed by atoms with E-state index in [0.29, 0.717) is 21.4 Å². The van der Waals surface area contributed by atoms with Gasteiger partial charge in [-0.1, -0.05) is 29.3 Å². The molecular formula is C21H29Cl2N5. The molecule has 0 aliphatic carbocycles. The van der Waals surface area contributed by atoms with Gasteiger partial charge < -0.3 is 26.6 Å². The van der Waals surface area contributed by atoms with E-state index in [1.54, 1.807) is 0 Å². The van der Waals surface area contributed by atoms with E-state index >= 15 is 0 Å². The van der Waals surface area contributed by atoms with E-state index in [0.717, 1.165) is 69.9 Å². The van der Waals surface area contributed by atoms with Crippen molar-refractivity contribution < 1.29 is 0 Å². The highest BCUT2D eigenvalue weighted by Crippen LogP contribution is 2.32. The van der Waals surface area contributed by atoms with Gasteiger partial charge in [0, 0.05) is 31.9 Å². The predicted molar refractivity (Wildman–Crippen MR) is 123 cm³/mol. The highest BCUT2D eigenvalue weighted by Gasteiger charge is 2.17. The smallest absolute Gasteiger partial charge is 0.0825 e. The highest BCUT2D eigenvalue weighted by molar-refractivity contribution is 6.43. The molecule has 5 nitrogen and oxygen atoms in total. The molecule has 152 valence electrons. The molecule has 28 heavy (non-hydrogen) atoms. The Balaban J connectivity index is 1.39. The second kappa shape index (κ2) is 10.1. The lowest BCUT2D eigenvalue weighted by Gasteiger charge is -2.25. The summed E-state index contributed by atoms with van der Waals surface area (Å²) in [6, 6.07) is 11.6. The average Bonchev–Trinajstić information content (AvgIpc) is 2.92. The van der Waals surface area contributed by atoms with Gasteiger partial charge in [0.25, 0.3) is 0 Å². The fourth-order valence-electron chi connectivity index (χ4n) is 3.55. The number of hydrogen-bond donors (Lipinski definition) is 3. The van der Waals surface area contributed by atoms with Crippen LogP contribution < -0.4 is 21.7 Å². The molecule has 1 heterocycles. The molecule has 1 saturated heterocycles. The number of rotatable bonds is 7. The van der Waals surface area contributed by atoms with Crippen LogP contribution in [-0.2, 0) is 0 Å². The SMILES string of the molecule is Nc1ccc(NCCCCN2CCCN(c3cccc(Cl)c3Cl)CC2)cc1N. The first kappa shape index (κ1) is 20.9. The molecule has 0 saturated carbocycles. The van der Waals surface area contributed by atoms with Crippen molar-refractivity contribution in [3.8, 4) is 0 Å². The van der Waals surface area contributed by atoms with Crippen molar-refractivity contribution >= 4 is 46.0 Å². The maximum atomic E-state index is 6.39. The van der Waals surface area contributed by atoms with Gasteiger partial charge in [0.2, 0.25) is 0 Å². The van der Waals surface area contributed by atoms with Crippen LogP contribution in [-0.4, -0.2) is 44.2 Å². The van der Waals surface area contributed by atoms with Crippen LogP contribution in [0.25, 0.3) is 0 Å². The van der Waals surface area contributed by atoms with Crippen molar-refractivity contribution in [2.24, 2.45) is 0 Å². The Bertz CT molecular complexity index is 783. The molecule has 0 radical (unpaired) electrons. The molecule has 0 aromatic heterocycles. The Kier molecular flexibility index (Phi) is 7.54. The minimum absolute atomic E-state index is 0.621. The lowest BCUT2D eigenvalue weighted by atomic mass is 10.2. The van der Waals surface area contributed by atoms with E-state index in [9.17, 15) is 0 Å². The molecule has 0 atom stereocenters. The van der Waals surface area contributed by atoms with Crippen molar-refractivity contribution in [1.82, 2.24) is 4.90 Å². The van der Waals surface area contributed by atoms with Gasteiger partial charge in [-0.05, 0) is 62.7 Å². The molecule has 1 aliphatic rings. The summed E-state index contributed by atoms with van der Waals surface area (Å²) in [7, 11) is 0. The zero-order valence-electron chi connectivity index (χ0n) is 16.1. The first-order chi connectivity index (χ1) is 13.5. The molecule has 2 aromatic rings. The number of unbranched alkanes of at least 4 members (excludes halogenated alkanes) is 1. The van der Waals surface area contributed by atoms with Gasteiger partial charge in [-0.3, -0.25) is 0 Å². The summed E-state index contributed by atoms with van der Waals surface area (Å²) in [6.07, 6.45) is 3.41. The molecule has 0 unspecified atom stereocenters. The van der Waals surface area contributed by atoms with E-state index < -0.39 is 0 Å². The van der Waals surface area contributed by atoms with Crippen LogP contribution in [0.1, 0.15) is 19.3 Å². The van der Waals surface area contributed by atoms with Crippen LogP contribution in [0, 0.1) is 0 Å². The number of nitrogens with one attached hydrogen (secondary N) is 1. The summed E-state index contributed by atoms with van der Waals surface area (Å²) in [5.74, 6) is 0.